The summed E-state index contributed by atoms with van der Waals surface area (Å²) < 4.78 is 0. The number of carbonyl (C=O) groups is 2. The molecule has 8 heteroatoms. The van der Waals surface area contributed by atoms with Crippen LogP contribution in [0.25, 0.3) is 0 Å². The van der Waals surface area contributed by atoms with Gasteiger partial charge in [0.1, 0.15) is 6.04 Å². The summed E-state index contributed by atoms with van der Waals surface area (Å²) in [7, 11) is 0. The predicted molar refractivity (Wildman–Crippen MR) is 142 cm³/mol. The van der Waals surface area contributed by atoms with Crippen LogP contribution < -0.4 is 5.32 Å². The van der Waals surface area contributed by atoms with Gasteiger partial charge in [-0.1, -0.05) is 27.7 Å². The van der Waals surface area contributed by atoms with Gasteiger partial charge in [-0.05, 0) is 98.2 Å². The Bertz CT molecular complexity index is 911. The highest BCUT2D eigenvalue weighted by Gasteiger charge is 2.70. The van der Waals surface area contributed by atoms with Crippen LogP contribution in [0.1, 0.15) is 98.3 Å². The van der Waals surface area contributed by atoms with Crippen LogP contribution in [0.4, 0.5) is 0 Å². The van der Waals surface area contributed by atoms with E-state index >= 15 is 0 Å². The minimum atomic E-state index is -1.16. The molecule has 0 aliphatic heterocycles. The molecule has 0 heterocycles. The lowest BCUT2D eigenvalue weighted by Crippen LogP contribution is -2.67. The summed E-state index contributed by atoms with van der Waals surface area (Å²) in [6, 6.07) is -1.09. The first-order chi connectivity index (χ1) is 17.8. The first-order valence-corrected chi connectivity index (χ1v) is 14.7. The van der Waals surface area contributed by atoms with E-state index in [1.165, 1.54) is 0 Å². The Kier molecular flexibility index (Phi) is 8.38. The second-order valence-corrected chi connectivity index (χ2v) is 13.8. The Morgan fingerprint density at radius 1 is 0.947 bits per heavy atom. The topological polar surface area (TPSA) is 144 Å². The van der Waals surface area contributed by atoms with Crippen LogP contribution in [-0.2, 0) is 14.4 Å². The Morgan fingerprint density at radius 3 is 2.29 bits per heavy atom. The van der Waals surface area contributed by atoms with Crippen LogP contribution in [0.2, 0.25) is 0 Å². The maximum absolute atomic E-state index is 12.6. The fourth-order valence-electron chi connectivity index (χ4n) is 10.0. The number of carboxylic acids is 1. The van der Waals surface area contributed by atoms with Gasteiger partial charge in [-0.2, -0.15) is 0 Å². The van der Waals surface area contributed by atoms with E-state index in [0.717, 1.165) is 32.1 Å². The molecule has 0 aromatic heterocycles. The zero-order chi connectivity index (χ0) is 28.0. The molecule has 4 aliphatic carbocycles. The molecule has 1 radical (unpaired) electrons. The molecule has 0 aromatic rings. The van der Waals surface area contributed by atoms with Crippen molar-refractivity contribution < 1.29 is 34.8 Å². The van der Waals surface area contributed by atoms with Gasteiger partial charge in [-0.25, -0.2) is 4.79 Å². The van der Waals surface area contributed by atoms with Crippen molar-refractivity contribution in [3.63, 3.8) is 0 Å². The van der Waals surface area contributed by atoms with Crippen molar-refractivity contribution in [2.24, 2.45) is 45.8 Å². The highest BCUT2D eigenvalue weighted by Crippen LogP contribution is 2.72. The van der Waals surface area contributed by atoms with Gasteiger partial charge in [-0.15, -0.1) is 0 Å². The molecule has 0 aromatic carbocycles. The van der Waals surface area contributed by atoms with Crippen LogP contribution in [0.3, 0.4) is 0 Å². The molecule has 4 rings (SSSR count). The van der Waals surface area contributed by atoms with Gasteiger partial charge in [0.2, 0.25) is 5.91 Å². The summed E-state index contributed by atoms with van der Waals surface area (Å²) in [5.74, 6) is -0.529. The molecule has 215 valence electrons. The van der Waals surface area contributed by atoms with Crippen LogP contribution in [0, 0.1) is 45.8 Å². The maximum atomic E-state index is 12.6. The SMILES string of the molecule is C[C@H](CCC(=O)N[C@@H](CC[C]=O)C(=O)O)[C@H]1CC[C@@H]2[C@]1(C)[C@@H](O)C[C@@H]1[C@@]3(C)CC[C@@H](O)C[C@H]3C[C@@H](O)[C@@]21C. The first-order valence-electron chi connectivity index (χ1n) is 14.7. The second kappa shape index (κ2) is 10.8. The molecule has 8 nitrogen and oxygen atoms in total. The van der Waals surface area contributed by atoms with Gasteiger partial charge in [-0.3, -0.25) is 9.59 Å². The van der Waals surface area contributed by atoms with Gasteiger partial charge in [0.25, 0.3) is 0 Å². The van der Waals surface area contributed by atoms with Crippen molar-refractivity contribution in [3.8, 4) is 0 Å². The van der Waals surface area contributed by atoms with Gasteiger partial charge >= 0.3 is 5.97 Å². The lowest BCUT2D eigenvalue weighted by Gasteiger charge is -2.68. The summed E-state index contributed by atoms with van der Waals surface area (Å²) in [6.45, 7) is 8.91. The number of rotatable bonds is 9. The molecule has 12 atom stereocenters. The average Bonchev–Trinajstić information content (AvgIpc) is 3.23. The quantitative estimate of drug-likeness (QED) is 0.305. The summed E-state index contributed by atoms with van der Waals surface area (Å²) >= 11 is 0. The molecular weight excluding hydrogens is 486 g/mol. The van der Waals surface area contributed by atoms with E-state index in [-0.39, 0.29) is 77.1 Å². The smallest absolute Gasteiger partial charge is 0.326 e. The Labute approximate surface area is 227 Å². The molecule has 4 saturated carbocycles. The lowest BCUT2D eigenvalue weighted by atomic mass is 9.38. The monoisotopic (exact) mass is 534 g/mol. The zero-order valence-electron chi connectivity index (χ0n) is 23.5. The summed E-state index contributed by atoms with van der Waals surface area (Å²) in [6.07, 6.45) is 6.83. The standard InChI is InChI=1S/C30H48NO7/c1-17(7-10-26(36)31-21(27(37)38)6-5-13-32)20-8-9-22-29(20,3)25(35)16-23-28(2)12-11-19(33)14-18(28)15-24(34)30(22,23)4/h17-25,33-35H,5-12,14-16H2,1-4H3,(H,31,36)(H,37,38)/t17-,18+,19-,20-,21+,22-,23-,24-,25+,28+,29-,30+/m1/s1. The van der Waals surface area contributed by atoms with Gasteiger partial charge in [0.05, 0.1) is 18.3 Å². The number of amides is 1. The molecule has 38 heavy (non-hydrogen) atoms. The summed E-state index contributed by atoms with van der Waals surface area (Å²) in [5.41, 5.74) is -0.680. The van der Waals surface area contributed by atoms with Gasteiger partial charge < -0.3 is 25.7 Å². The van der Waals surface area contributed by atoms with E-state index in [1.54, 1.807) is 6.29 Å². The summed E-state index contributed by atoms with van der Waals surface area (Å²) in [4.78, 5) is 34.5. The molecule has 5 N–H and O–H groups in total. The number of aliphatic hydroxyl groups is 3. The second-order valence-electron chi connectivity index (χ2n) is 13.8. The fraction of sp³-hybridized carbons (Fsp3) is 0.900. The number of carbonyl (C=O) groups excluding carboxylic acids is 2. The van der Waals surface area contributed by atoms with Crippen LogP contribution in [0.5, 0.6) is 0 Å². The Morgan fingerprint density at radius 2 is 1.63 bits per heavy atom. The largest absolute Gasteiger partial charge is 0.480 e. The van der Waals surface area contributed by atoms with Crippen molar-refractivity contribution in [3.05, 3.63) is 0 Å². The number of hydrogen-bond acceptors (Lipinski definition) is 6. The van der Waals surface area contributed by atoms with Crippen molar-refractivity contribution in [1.29, 1.82) is 0 Å². The van der Waals surface area contributed by atoms with E-state index in [4.69, 9.17) is 0 Å². The molecule has 0 bridgehead atoms. The lowest BCUT2D eigenvalue weighted by molar-refractivity contribution is -0.251. The fourth-order valence-corrected chi connectivity index (χ4v) is 10.0. The molecule has 0 unspecified atom stereocenters. The first kappa shape index (κ1) is 29.5. The number of aliphatic hydroxyl groups excluding tert-OH is 3. The highest BCUT2D eigenvalue weighted by atomic mass is 16.4. The number of hydrogen-bond donors (Lipinski definition) is 5. The minimum absolute atomic E-state index is 0.000396. The molecule has 0 spiro atoms. The Balaban J connectivity index is 1.48. The number of fused-ring (bicyclic) bond motifs is 5. The third kappa shape index (κ3) is 4.72. The van der Waals surface area contributed by atoms with Crippen LogP contribution >= 0.6 is 0 Å². The maximum Gasteiger partial charge on any atom is 0.326 e. The normalized spacial score (nSPS) is 45.7. The van der Waals surface area contributed by atoms with Crippen molar-refractivity contribution in [1.82, 2.24) is 5.32 Å². The van der Waals surface area contributed by atoms with Crippen LogP contribution in [0.15, 0.2) is 0 Å². The van der Waals surface area contributed by atoms with Gasteiger partial charge in [0, 0.05) is 18.3 Å². The average molecular weight is 535 g/mol. The van der Waals surface area contributed by atoms with E-state index in [0.29, 0.717) is 19.3 Å². The molecule has 4 fully saturated rings. The van der Waals surface area contributed by atoms with E-state index < -0.39 is 24.2 Å². The van der Waals surface area contributed by atoms with E-state index in [9.17, 15) is 34.8 Å². The molecule has 4 aliphatic rings. The van der Waals surface area contributed by atoms with Gasteiger partial charge in [0.15, 0.2) is 6.29 Å². The minimum Gasteiger partial charge on any atom is -0.480 e. The van der Waals surface area contributed by atoms with Crippen molar-refractivity contribution in [2.45, 2.75) is 123 Å². The Hall–Kier alpha value is -1.51. The number of nitrogens with one attached hydrogen (secondary N) is 1. The van der Waals surface area contributed by atoms with Crippen molar-refractivity contribution in [2.75, 3.05) is 0 Å². The summed E-state index contributed by atoms with van der Waals surface area (Å²) in [5, 5.41) is 45.7. The third-order valence-corrected chi connectivity index (χ3v) is 12.2. The van der Waals surface area contributed by atoms with Crippen LogP contribution in [-0.4, -0.2) is 62.9 Å². The van der Waals surface area contributed by atoms with E-state index in [2.05, 4.69) is 33.0 Å². The molecular formula is C30H48NO7. The highest BCUT2D eigenvalue weighted by molar-refractivity contribution is 5.83. The molecule has 0 saturated heterocycles. The zero-order valence-corrected chi connectivity index (χ0v) is 23.5. The number of carboxylic acid groups (broad SMARTS) is 1. The predicted octanol–water partition coefficient (Wildman–Crippen LogP) is 3.21. The molecule has 1 amide bonds. The van der Waals surface area contributed by atoms with E-state index in [1.807, 2.05) is 0 Å². The third-order valence-electron chi connectivity index (χ3n) is 12.2. The number of aliphatic carboxylic acids is 1. The van der Waals surface area contributed by atoms with Crippen molar-refractivity contribution >= 4 is 18.2 Å².